The van der Waals surface area contributed by atoms with Gasteiger partial charge in [-0.2, -0.15) is 0 Å². The molecule has 0 saturated heterocycles. The van der Waals surface area contributed by atoms with Crippen LogP contribution in [0.15, 0.2) is 16.8 Å². The van der Waals surface area contributed by atoms with Gasteiger partial charge in [-0.05, 0) is 93.5 Å². The van der Waals surface area contributed by atoms with Crippen molar-refractivity contribution in [3.63, 3.8) is 0 Å². The molecule has 0 radical (unpaired) electrons. The monoisotopic (exact) mass is 484 g/mol. The number of rotatable bonds is 8. The topological polar surface area (TPSA) is 108 Å². The van der Waals surface area contributed by atoms with E-state index >= 15 is 0 Å². The molecule has 0 aromatic rings. The van der Waals surface area contributed by atoms with Crippen LogP contribution in [0.5, 0.6) is 0 Å². The van der Waals surface area contributed by atoms with Crippen molar-refractivity contribution >= 4 is 17.6 Å². The van der Waals surface area contributed by atoms with Crippen molar-refractivity contribution in [1.82, 2.24) is 5.32 Å². The molecule has 0 aromatic carbocycles. The summed E-state index contributed by atoms with van der Waals surface area (Å²) in [7, 11) is 0. The van der Waals surface area contributed by atoms with Gasteiger partial charge in [0, 0.05) is 18.4 Å². The Morgan fingerprint density at radius 3 is 2.69 bits per heavy atom. The van der Waals surface area contributed by atoms with E-state index in [1.165, 1.54) is 5.57 Å². The van der Waals surface area contributed by atoms with Gasteiger partial charge in [-0.25, -0.2) is 0 Å². The molecule has 6 atom stereocenters. The summed E-state index contributed by atoms with van der Waals surface area (Å²) in [6, 6.07) is 0. The minimum absolute atomic E-state index is 0.113. The molecule has 4 aliphatic rings. The number of nitrogens with one attached hydrogen (secondary N) is 1. The van der Waals surface area contributed by atoms with Gasteiger partial charge in [-0.3, -0.25) is 9.59 Å². The fourth-order valence-corrected chi connectivity index (χ4v) is 7.75. The molecule has 7 nitrogen and oxygen atoms in total. The number of oxime groups is 1. The lowest BCUT2D eigenvalue weighted by Crippen LogP contribution is -2.54. The van der Waals surface area contributed by atoms with Crippen LogP contribution in [-0.2, 0) is 14.4 Å². The van der Waals surface area contributed by atoms with Gasteiger partial charge in [0.25, 0.3) is 5.91 Å². The van der Waals surface area contributed by atoms with Gasteiger partial charge in [-0.15, -0.1) is 6.42 Å². The third-order valence-corrected chi connectivity index (χ3v) is 9.88. The quantitative estimate of drug-likeness (QED) is 0.274. The Hall–Kier alpha value is -2.33. The number of aliphatic carboxylic acids is 1. The first kappa shape index (κ1) is 25.8. The summed E-state index contributed by atoms with van der Waals surface area (Å²) >= 11 is 0. The van der Waals surface area contributed by atoms with Crippen LogP contribution in [0.1, 0.15) is 84.5 Å². The maximum Gasteiger partial charge on any atom is 0.303 e. The molecule has 4 aliphatic carbocycles. The molecule has 4 rings (SSSR count). The van der Waals surface area contributed by atoms with E-state index in [1.807, 2.05) is 0 Å². The Balaban J connectivity index is 1.33. The summed E-state index contributed by atoms with van der Waals surface area (Å²) in [5.74, 6) is 3.39. The van der Waals surface area contributed by atoms with Crippen LogP contribution in [0.25, 0.3) is 0 Å². The molecule has 0 bridgehead atoms. The number of carbonyl (C=O) groups is 2. The summed E-state index contributed by atoms with van der Waals surface area (Å²) in [5, 5.41) is 26.8. The molecule has 3 saturated carbocycles. The van der Waals surface area contributed by atoms with Crippen LogP contribution in [-0.4, -0.2) is 46.6 Å². The number of terminal acetylenes is 1. The smallest absolute Gasteiger partial charge is 0.303 e. The zero-order chi connectivity index (χ0) is 25.3. The highest BCUT2D eigenvalue weighted by molar-refractivity contribution is 5.96. The highest BCUT2D eigenvalue weighted by atomic mass is 16.6. The number of carboxylic acid groups (broad SMARTS) is 1. The molecular weight excluding hydrogens is 444 g/mol. The van der Waals surface area contributed by atoms with Crippen LogP contribution in [0.3, 0.4) is 0 Å². The van der Waals surface area contributed by atoms with Crippen molar-refractivity contribution in [3.8, 4) is 12.3 Å². The average molecular weight is 485 g/mol. The maximum absolute atomic E-state index is 11.9. The summed E-state index contributed by atoms with van der Waals surface area (Å²) < 4.78 is 0. The Morgan fingerprint density at radius 2 is 1.94 bits per heavy atom. The van der Waals surface area contributed by atoms with E-state index in [0.717, 1.165) is 57.1 Å². The Kier molecular flexibility index (Phi) is 7.33. The first-order valence-electron chi connectivity index (χ1n) is 13.2. The number of aliphatic hydroxyl groups is 1. The van der Waals surface area contributed by atoms with Crippen molar-refractivity contribution in [3.05, 3.63) is 11.6 Å². The molecule has 3 fully saturated rings. The lowest BCUT2D eigenvalue weighted by atomic mass is 9.46. The van der Waals surface area contributed by atoms with Crippen molar-refractivity contribution in [2.45, 2.75) is 90.1 Å². The predicted octanol–water partition coefficient (Wildman–Crippen LogP) is 4.06. The van der Waals surface area contributed by atoms with E-state index in [0.29, 0.717) is 37.1 Å². The van der Waals surface area contributed by atoms with Crippen LogP contribution >= 0.6 is 0 Å². The molecule has 0 unspecified atom stereocenters. The van der Waals surface area contributed by atoms with E-state index < -0.39 is 11.6 Å². The summed E-state index contributed by atoms with van der Waals surface area (Å²) in [5.41, 5.74) is 1.35. The van der Waals surface area contributed by atoms with Crippen molar-refractivity contribution in [2.24, 2.45) is 33.7 Å². The lowest BCUT2D eigenvalue weighted by Gasteiger charge is -2.58. The highest BCUT2D eigenvalue weighted by Gasteiger charge is 2.63. The van der Waals surface area contributed by atoms with Crippen LogP contribution in [0, 0.1) is 40.9 Å². The third kappa shape index (κ3) is 4.74. The number of carboxylic acids is 1. The van der Waals surface area contributed by atoms with Gasteiger partial charge in [-0.1, -0.05) is 30.5 Å². The maximum atomic E-state index is 11.9. The number of fused-ring (bicyclic) bond motifs is 5. The van der Waals surface area contributed by atoms with Crippen molar-refractivity contribution in [1.29, 1.82) is 0 Å². The first-order chi connectivity index (χ1) is 16.6. The zero-order valence-electron chi connectivity index (χ0n) is 21.1. The number of hydrogen-bond acceptors (Lipinski definition) is 5. The standard InChI is InChI=1S/C28H40N2O5/c1-4-28(34)15-12-23-21-9-8-19-17-20(10-13-26(19,2)22(21)11-14-27(23,28)3)30-35-18-24(31)29-16-6-5-7-25(32)33/h1,17,21-23,34H,5-16,18H2,2-3H3,(H,29,31)(H,32,33)/t21-,22-,23+,26-,27-,28-/m0/s1. The normalized spacial score (nSPS) is 39.0. The second kappa shape index (κ2) is 9.97. The Labute approximate surface area is 208 Å². The number of nitrogens with zero attached hydrogens (tertiary/aromatic N) is 1. The Bertz CT molecular complexity index is 951. The number of allylic oxidation sites excluding steroid dienone is 2. The summed E-state index contributed by atoms with van der Waals surface area (Å²) in [6.45, 7) is 4.95. The second-order valence-electron chi connectivity index (χ2n) is 11.6. The molecule has 0 aromatic heterocycles. The van der Waals surface area contributed by atoms with Crippen LogP contribution < -0.4 is 5.32 Å². The first-order valence-corrected chi connectivity index (χ1v) is 13.2. The van der Waals surface area contributed by atoms with Crippen LogP contribution in [0.4, 0.5) is 0 Å². The minimum atomic E-state index is -0.964. The SMILES string of the molecule is C#C[C@]1(O)CC[C@@H]2[C@H]3CCC4=CC(=NOCC(=O)NCCCCC(=O)O)CC[C@]4(C)[C@H]3CC[C@@]21C. The van der Waals surface area contributed by atoms with E-state index in [2.05, 4.69) is 36.3 Å². The van der Waals surface area contributed by atoms with Crippen LogP contribution in [0.2, 0.25) is 0 Å². The molecule has 0 spiro atoms. The zero-order valence-corrected chi connectivity index (χ0v) is 21.1. The molecular formula is C28H40N2O5. The van der Waals surface area contributed by atoms with Crippen molar-refractivity contribution in [2.75, 3.05) is 13.2 Å². The second-order valence-corrected chi connectivity index (χ2v) is 11.6. The fraction of sp³-hybridized carbons (Fsp3) is 0.750. The number of hydrogen-bond donors (Lipinski definition) is 3. The van der Waals surface area contributed by atoms with Gasteiger partial charge >= 0.3 is 5.97 Å². The third-order valence-electron chi connectivity index (χ3n) is 9.88. The molecule has 7 heteroatoms. The molecule has 192 valence electrons. The fourth-order valence-electron chi connectivity index (χ4n) is 7.75. The van der Waals surface area contributed by atoms with Gasteiger partial charge in [0.15, 0.2) is 6.61 Å². The average Bonchev–Trinajstić information content (AvgIpc) is 3.10. The molecule has 1 amide bonds. The van der Waals surface area contributed by atoms with E-state index in [-0.39, 0.29) is 29.8 Å². The molecule has 0 heterocycles. The lowest BCUT2D eigenvalue weighted by molar-refractivity contribution is -0.137. The Morgan fingerprint density at radius 1 is 1.17 bits per heavy atom. The van der Waals surface area contributed by atoms with Gasteiger partial charge < -0.3 is 20.4 Å². The van der Waals surface area contributed by atoms with Crippen molar-refractivity contribution < 1.29 is 24.6 Å². The summed E-state index contributed by atoms with van der Waals surface area (Å²) in [6.07, 6.45) is 17.1. The molecule has 3 N–H and O–H groups in total. The molecule has 35 heavy (non-hydrogen) atoms. The van der Waals surface area contributed by atoms with Gasteiger partial charge in [0.1, 0.15) is 5.60 Å². The molecule has 0 aliphatic heterocycles. The number of amides is 1. The van der Waals surface area contributed by atoms with E-state index in [4.69, 9.17) is 16.4 Å². The van der Waals surface area contributed by atoms with E-state index in [9.17, 15) is 14.7 Å². The van der Waals surface area contributed by atoms with Gasteiger partial charge in [0.05, 0.1) is 5.71 Å². The van der Waals surface area contributed by atoms with E-state index in [1.54, 1.807) is 0 Å². The highest BCUT2D eigenvalue weighted by Crippen LogP contribution is 2.67. The minimum Gasteiger partial charge on any atom is -0.481 e. The number of carbonyl (C=O) groups excluding carboxylic acids is 1. The predicted molar refractivity (Wildman–Crippen MR) is 133 cm³/mol. The summed E-state index contributed by atoms with van der Waals surface area (Å²) in [4.78, 5) is 27.8. The number of unbranched alkanes of at least 4 members (excludes halogenated alkanes) is 1. The van der Waals surface area contributed by atoms with Gasteiger partial charge in [0.2, 0.25) is 0 Å². The largest absolute Gasteiger partial charge is 0.481 e.